The number of alkyl halides is 3. The molecule has 6 nitrogen and oxygen atoms in total. The molecule has 2 aromatic heterocycles. The Kier molecular flexibility index (Phi) is 6.37. The summed E-state index contributed by atoms with van der Waals surface area (Å²) in [7, 11) is 0. The molecule has 0 saturated heterocycles. The Balaban J connectivity index is 0.00000392. The molecule has 5 N–H and O–H groups in total. The number of hydrogen-bond donors (Lipinski definition) is 3. The van der Waals surface area contributed by atoms with Crippen LogP contribution >= 0.6 is 0 Å². The van der Waals surface area contributed by atoms with Crippen LogP contribution in [0.3, 0.4) is 0 Å². The molecule has 2 rings (SSSR count). The molecule has 0 spiro atoms. The van der Waals surface area contributed by atoms with Crippen LogP contribution in [0.25, 0.3) is 0 Å². The zero-order valence-electron chi connectivity index (χ0n) is 15.0. The van der Waals surface area contributed by atoms with Crippen molar-refractivity contribution in [3.05, 3.63) is 47.3 Å². The summed E-state index contributed by atoms with van der Waals surface area (Å²) in [6, 6.07) is 4.54. The molecule has 0 amide bonds. The van der Waals surface area contributed by atoms with Gasteiger partial charge in [0.25, 0.3) is 0 Å². The van der Waals surface area contributed by atoms with Gasteiger partial charge in [-0.25, -0.2) is 9.97 Å². The van der Waals surface area contributed by atoms with Gasteiger partial charge < -0.3 is 16.8 Å². The summed E-state index contributed by atoms with van der Waals surface area (Å²) in [4.78, 5) is 20.3. The standard InChI is InChI=1S/C18H22F3N5O.2H2/c1-10(2)8-11(22)9-25-14-6-5-13(18(19,20)21)15(26-14)16(27)12-4-3-7-24-17(12)23;;/h3-7,10-11H,8-9,22H2,1-2H3,(H2,23,24)(H,25,26);2*1H/t11-;;/m0../s1. The van der Waals surface area contributed by atoms with E-state index in [4.69, 9.17) is 11.5 Å². The Hall–Kier alpha value is -2.68. The van der Waals surface area contributed by atoms with Crippen LogP contribution in [0.2, 0.25) is 0 Å². The minimum Gasteiger partial charge on any atom is -0.383 e. The van der Waals surface area contributed by atoms with Crippen molar-refractivity contribution in [2.45, 2.75) is 32.5 Å². The molecule has 1 atom stereocenters. The van der Waals surface area contributed by atoms with Crippen LogP contribution in [0.4, 0.5) is 24.8 Å². The van der Waals surface area contributed by atoms with Crippen LogP contribution < -0.4 is 16.8 Å². The number of ketones is 1. The maximum Gasteiger partial charge on any atom is 0.418 e. The largest absolute Gasteiger partial charge is 0.418 e. The second-order valence-electron chi connectivity index (χ2n) is 6.63. The Morgan fingerprint density at radius 3 is 2.59 bits per heavy atom. The molecule has 0 aliphatic heterocycles. The van der Waals surface area contributed by atoms with Crippen molar-refractivity contribution in [2.24, 2.45) is 11.7 Å². The number of pyridine rings is 2. The number of nitrogens with one attached hydrogen (secondary N) is 1. The number of carbonyl (C=O) groups excluding carboxylic acids is 1. The number of carbonyl (C=O) groups is 1. The van der Waals surface area contributed by atoms with Crippen LogP contribution in [0, 0.1) is 5.92 Å². The topological polar surface area (TPSA) is 107 Å². The van der Waals surface area contributed by atoms with E-state index in [0.29, 0.717) is 12.5 Å². The zero-order valence-corrected chi connectivity index (χ0v) is 15.0. The maximum atomic E-state index is 13.3. The molecular weight excluding hydrogens is 359 g/mol. The van der Waals surface area contributed by atoms with Crippen LogP contribution in [-0.2, 0) is 6.18 Å². The van der Waals surface area contributed by atoms with Gasteiger partial charge in [-0.2, -0.15) is 13.2 Å². The first kappa shape index (κ1) is 20.6. The summed E-state index contributed by atoms with van der Waals surface area (Å²) >= 11 is 0. The predicted octanol–water partition coefficient (Wildman–Crippen LogP) is 3.59. The Bertz CT molecular complexity index is 818. The van der Waals surface area contributed by atoms with Gasteiger partial charge in [0.1, 0.15) is 17.3 Å². The van der Waals surface area contributed by atoms with Crippen LogP contribution in [0.15, 0.2) is 30.5 Å². The van der Waals surface area contributed by atoms with Crippen LogP contribution in [0.1, 0.15) is 44.7 Å². The SMILES string of the molecule is CC(C)C[C@H](N)CNc1ccc(C(F)(F)F)c(C(=O)c2cccnc2N)n1.[HH].[HH]. The Labute approximate surface area is 158 Å². The number of anilines is 2. The summed E-state index contributed by atoms with van der Waals surface area (Å²) in [6.45, 7) is 4.36. The van der Waals surface area contributed by atoms with Crippen molar-refractivity contribution in [1.82, 2.24) is 9.97 Å². The predicted molar refractivity (Wildman–Crippen MR) is 101 cm³/mol. The van der Waals surface area contributed by atoms with Gasteiger partial charge in [-0.15, -0.1) is 0 Å². The highest BCUT2D eigenvalue weighted by atomic mass is 19.4. The van der Waals surface area contributed by atoms with Gasteiger partial charge in [-0.3, -0.25) is 4.79 Å². The lowest BCUT2D eigenvalue weighted by Crippen LogP contribution is -2.31. The average molecular weight is 385 g/mol. The van der Waals surface area contributed by atoms with Gasteiger partial charge in [0.2, 0.25) is 5.78 Å². The van der Waals surface area contributed by atoms with Crippen LogP contribution in [-0.4, -0.2) is 28.3 Å². The summed E-state index contributed by atoms with van der Waals surface area (Å²) in [5.41, 5.74) is 9.60. The van der Waals surface area contributed by atoms with E-state index in [1.807, 2.05) is 13.8 Å². The minimum absolute atomic E-state index is 0. The third kappa shape index (κ3) is 5.40. The van der Waals surface area contributed by atoms with E-state index in [0.717, 1.165) is 12.5 Å². The Morgan fingerprint density at radius 2 is 2.00 bits per heavy atom. The lowest BCUT2D eigenvalue weighted by atomic mass is 10.0. The van der Waals surface area contributed by atoms with Crippen molar-refractivity contribution in [3.8, 4) is 0 Å². The van der Waals surface area contributed by atoms with Gasteiger partial charge in [0, 0.05) is 21.6 Å². The lowest BCUT2D eigenvalue weighted by Gasteiger charge is -2.17. The fourth-order valence-corrected chi connectivity index (χ4v) is 2.62. The number of halogens is 3. The lowest BCUT2D eigenvalue weighted by molar-refractivity contribution is -0.138. The number of nitrogens with zero attached hydrogens (tertiary/aromatic N) is 2. The molecule has 9 heteroatoms. The molecular formula is C18H26F3N5O. The molecule has 0 fully saturated rings. The smallest absolute Gasteiger partial charge is 0.383 e. The van der Waals surface area contributed by atoms with E-state index in [1.54, 1.807) is 0 Å². The number of nitrogens with two attached hydrogens (primary N) is 2. The van der Waals surface area contributed by atoms with Gasteiger partial charge in [-0.05, 0) is 36.6 Å². The fourth-order valence-electron chi connectivity index (χ4n) is 2.62. The summed E-state index contributed by atoms with van der Waals surface area (Å²) < 4.78 is 40.0. The number of rotatable bonds is 7. The van der Waals surface area contributed by atoms with Crippen molar-refractivity contribution in [3.63, 3.8) is 0 Å². The molecule has 2 heterocycles. The molecule has 0 unspecified atom stereocenters. The van der Waals surface area contributed by atoms with Gasteiger partial charge in [-0.1, -0.05) is 13.8 Å². The minimum atomic E-state index is -4.73. The van der Waals surface area contributed by atoms with E-state index < -0.39 is 23.2 Å². The first-order chi connectivity index (χ1) is 12.6. The Morgan fingerprint density at radius 1 is 1.30 bits per heavy atom. The first-order valence-corrected chi connectivity index (χ1v) is 8.42. The van der Waals surface area contributed by atoms with Crippen molar-refractivity contribution in [1.29, 1.82) is 0 Å². The fraction of sp³-hybridized carbons (Fsp3) is 0.389. The zero-order chi connectivity index (χ0) is 20.2. The summed E-state index contributed by atoms with van der Waals surface area (Å²) in [5.74, 6) is -0.584. The van der Waals surface area contributed by atoms with E-state index >= 15 is 0 Å². The maximum absolute atomic E-state index is 13.3. The normalized spacial score (nSPS) is 12.9. The van der Waals surface area contributed by atoms with Gasteiger partial charge in [0.15, 0.2) is 0 Å². The van der Waals surface area contributed by atoms with Crippen molar-refractivity contribution < 1.29 is 20.8 Å². The summed E-state index contributed by atoms with van der Waals surface area (Å²) in [5, 5.41) is 2.89. The third-order valence-electron chi connectivity index (χ3n) is 3.82. The molecule has 27 heavy (non-hydrogen) atoms. The molecule has 0 radical (unpaired) electrons. The monoisotopic (exact) mass is 385 g/mol. The first-order valence-electron chi connectivity index (χ1n) is 8.42. The highest BCUT2D eigenvalue weighted by Gasteiger charge is 2.37. The molecule has 0 saturated carbocycles. The van der Waals surface area contributed by atoms with Gasteiger partial charge in [0.05, 0.1) is 11.1 Å². The highest BCUT2D eigenvalue weighted by Crippen LogP contribution is 2.33. The molecule has 2 aromatic rings. The van der Waals surface area contributed by atoms with E-state index in [-0.39, 0.29) is 26.1 Å². The van der Waals surface area contributed by atoms with E-state index in [2.05, 4.69) is 15.3 Å². The van der Waals surface area contributed by atoms with Gasteiger partial charge >= 0.3 is 6.18 Å². The van der Waals surface area contributed by atoms with Crippen molar-refractivity contribution >= 4 is 17.4 Å². The number of hydrogen-bond acceptors (Lipinski definition) is 6. The second kappa shape index (κ2) is 8.34. The van der Waals surface area contributed by atoms with E-state index in [9.17, 15) is 18.0 Å². The third-order valence-corrected chi connectivity index (χ3v) is 3.82. The second-order valence-corrected chi connectivity index (χ2v) is 6.63. The van der Waals surface area contributed by atoms with E-state index in [1.165, 1.54) is 24.4 Å². The van der Waals surface area contributed by atoms with Crippen LogP contribution in [0.5, 0.6) is 0 Å². The molecule has 0 aliphatic rings. The quantitative estimate of drug-likeness (QED) is 0.629. The average Bonchev–Trinajstić information content (AvgIpc) is 2.58. The molecule has 0 aromatic carbocycles. The number of aromatic nitrogens is 2. The number of nitrogen functional groups attached to an aromatic ring is 1. The van der Waals surface area contributed by atoms with Crippen molar-refractivity contribution in [2.75, 3.05) is 17.6 Å². The molecule has 0 aliphatic carbocycles. The molecule has 150 valence electrons. The summed E-state index contributed by atoms with van der Waals surface area (Å²) in [6.07, 6.45) is -2.65. The molecule has 0 bridgehead atoms. The highest BCUT2D eigenvalue weighted by molar-refractivity contribution is 6.11.